The van der Waals surface area contributed by atoms with Crippen LogP contribution in [0.3, 0.4) is 0 Å². The Hall–Kier alpha value is -3.05. The lowest BCUT2D eigenvalue weighted by Gasteiger charge is -2.27. The van der Waals surface area contributed by atoms with Crippen LogP contribution in [0.15, 0.2) is 60.7 Å². The first-order valence-electron chi connectivity index (χ1n) is 11.8. The quantitative estimate of drug-likeness (QED) is 0.388. The van der Waals surface area contributed by atoms with E-state index in [1.54, 1.807) is 42.5 Å². The highest BCUT2D eigenvalue weighted by Crippen LogP contribution is 2.38. The van der Waals surface area contributed by atoms with Gasteiger partial charge in [-0.15, -0.1) is 0 Å². The zero-order valence-corrected chi connectivity index (χ0v) is 19.2. The molecule has 0 amide bonds. The average Bonchev–Trinajstić information content (AvgIpc) is 2.86. The lowest BCUT2D eigenvalue weighted by Crippen LogP contribution is -2.13. The monoisotopic (exact) mass is 466 g/mol. The Morgan fingerprint density at radius 1 is 0.912 bits per heavy atom. The first-order chi connectivity index (χ1) is 16.5. The number of benzene rings is 3. The van der Waals surface area contributed by atoms with Gasteiger partial charge in [-0.2, -0.15) is 0 Å². The molecule has 0 atom stereocenters. The van der Waals surface area contributed by atoms with E-state index in [1.807, 2.05) is 25.1 Å². The van der Waals surface area contributed by atoms with Crippen molar-refractivity contribution in [2.75, 3.05) is 6.61 Å². The minimum absolute atomic E-state index is 0.0993. The Kier molecular flexibility index (Phi) is 7.73. The minimum Gasteiger partial charge on any atom is -0.494 e. The van der Waals surface area contributed by atoms with Crippen LogP contribution < -0.4 is 4.74 Å². The van der Waals surface area contributed by atoms with Gasteiger partial charge in [-0.25, -0.2) is 13.2 Å². The number of rotatable bonds is 7. The van der Waals surface area contributed by atoms with Crippen molar-refractivity contribution in [2.45, 2.75) is 45.1 Å². The summed E-state index contributed by atoms with van der Waals surface area (Å²) in [7, 11) is 0. The molecule has 0 heterocycles. The van der Waals surface area contributed by atoms with Gasteiger partial charge in [0.15, 0.2) is 11.6 Å². The van der Waals surface area contributed by atoms with E-state index in [2.05, 4.69) is 0 Å². The van der Waals surface area contributed by atoms with E-state index in [1.165, 1.54) is 6.07 Å². The highest BCUT2D eigenvalue weighted by Gasteiger charge is 2.23. The predicted molar refractivity (Wildman–Crippen MR) is 129 cm³/mol. The van der Waals surface area contributed by atoms with E-state index in [-0.39, 0.29) is 35.4 Å². The number of allylic oxidation sites excluding steroid dienone is 1. The van der Waals surface area contributed by atoms with Gasteiger partial charge in [-0.3, -0.25) is 0 Å². The molecular formula is C29H29F3O2. The van der Waals surface area contributed by atoms with Crippen molar-refractivity contribution in [1.29, 1.82) is 0 Å². The van der Waals surface area contributed by atoms with Gasteiger partial charge in [0, 0.05) is 17.2 Å². The fourth-order valence-electron chi connectivity index (χ4n) is 4.66. The molecule has 5 heteroatoms. The summed E-state index contributed by atoms with van der Waals surface area (Å²) in [5.74, 6) is -1.03. The first kappa shape index (κ1) is 24.1. The summed E-state index contributed by atoms with van der Waals surface area (Å²) >= 11 is 0. The van der Waals surface area contributed by atoms with Gasteiger partial charge in [-0.05, 0) is 67.2 Å². The fraction of sp³-hybridized carbons (Fsp3) is 0.310. The molecule has 1 fully saturated rings. The van der Waals surface area contributed by atoms with E-state index in [0.717, 1.165) is 31.2 Å². The number of ether oxygens (including phenoxy) is 1. The van der Waals surface area contributed by atoms with Crippen LogP contribution in [0.25, 0.3) is 17.2 Å². The highest BCUT2D eigenvalue weighted by molar-refractivity contribution is 5.67. The Bertz CT molecular complexity index is 1150. The van der Waals surface area contributed by atoms with Gasteiger partial charge in [0.05, 0.1) is 13.2 Å². The smallest absolute Gasteiger partial charge is 0.167 e. The molecule has 1 aliphatic rings. The molecule has 1 N–H and O–H groups in total. The van der Waals surface area contributed by atoms with Gasteiger partial charge < -0.3 is 9.84 Å². The van der Waals surface area contributed by atoms with Crippen molar-refractivity contribution in [3.05, 3.63) is 94.8 Å². The second kappa shape index (κ2) is 10.9. The summed E-state index contributed by atoms with van der Waals surface area (Å²) in [4.78, 5) is 0. The molecule has 1 aliphatic carbocycles. The van der Waals surface area contributed by atoms with Crippen LogP contribution in [0.2, 0.25) is 0 Å². The van der Waals surface area contributed by atoms with Crippen LogP contribution in [-0.4, -0.2) is 11.7 Å². The zero-order chi connectivity index (χ0) is 24.1. The topological polar surface area (TPSA) is 29.5 Å². The van der Waals surface area contributed by atoms with Crippen LogP contribution in [0, 0.1) is 23.4 Å². The first-order valence-corrected chi connectivity index (χ1v) is 11.8. The van der Waals surface area contributed by atoms with Crippen LogP contribution in [0.4, 0.5) is 13.2 Å². The Labute approximate surface area is 198 Å². The minimum atomic E-state index is -0.881. The van der Waals surface area contributed by atoms with Gasteiger partial charge in [-0.1, -0.05) is 54.6 Å². The summed E-state index contributed by atoms with van der Waals surface area (Å²) < 4.78 is 49.4. The van der Waals surface area contributed by atoms with Crippen molar-refractivity contribution in [3.8, 4) is 16.9 Å². The number of halogens is 3. The molecule has 3 aromatic rings. The second-order valence-electron chi connectivity index (χ2n) is 8.77. The van der Waals surface area contributed by atoms with Crippen LogP contribution >= 0.6 is 0 Å². The summed E-state index contributed by atoms with van der Waals surface area (Å²) in [6.07, 6.45) is 7.03. The third-order valence-corrected chi connectivity index (χ3v) is 6.60. The molecule has 3 aromatic carbocycles. The van der Waals surface area contributed by atoms with Gasteiger partial charge in [0.25, 0.3) is 0 Å². The Morgan fingerprint density at radius 3 is 2.29 bits per heavy atom. The molecule has 4 rings (SSSR count). The molecule has 178 valence electrons. The number of aliphatic hydroxyl groups excluding tert-OH is 1. The van der Waals surface area contributed by atoms with E-state index in [4.69, 9.17) is 9.84 Å². The molecule has 0 bridgehead atoms. The highest BCUT2D eigenvalue weighted by atomic mass is 19.2. The summed E-state index contributed by atoms with van der Waals surface area (Å²) in [5, 5.41) is 9.15. The van der Waals surface area contributed by atoms with E-state index in [0.29, 0.717) is 23.5 Å². The molecule has 34 heavy (non-hydrogen) atoms. The molecule has 0 aromatic heterocycles. The fourth-order valence-corrected chi connectivity index (χ4v) is 4.66. The summed E-state index contributed by atoms with van der Waals surface area (Å²) in [6.45, 7) is 2.27. The largest absolute Gasteiger partial charge is 0.494 e. The van der Waals surface area contributed by atoms with Crippen molar-refractivity contribution in [1.82, 2.24) is 0 Å². The predicted octanol–water partition coefficient (Wildman–Crippen LogP) is 7.65. The average molecular weight is 467 g/mol. The number of hydrogen-bond donors (Lipinski definition) is 1. The van der Waals surface area contributed by atoms with Crippen molar-refractivity contribution in [3.63, 3.8) is 0 Å². The van der Waals surface area contributed by atoms with Crippen LogP contribution in [0.5, 0.6) is 5.75 Å². The molecule has 0 aliphatic heterocycles. The normalized spacial score (nSPS) is 18.4. The Morgan fingerprint density at radius 2 is 1.65 bits per heavy atom. The molecule has 0 spiro atoms. The standard InChI is InChI=1S/C29H29F3O2/c1-2-34-24-14-16-25(27(30)17-24)21-8-3-19(4-9-21)5-12-23-13-15-26(29(32)28(23)31)22-10-6-20(18-33)7-11-22/h5-7,10-17,19,21,33H,2-4,8-9,18H2,1H3/b12-5+. The number of aliphatic hydroxyl groups is 1. The molecular weight excluding hydrogens is 437 g/mol. The van der Waals surface area contributed by atoms with Crippen molar-refractivity contribution >= 4 is 6.08 Å². The van der Waals surface area contributed by atoms with Gasteiger partial charge in [0.2, 0.25) is 0 Å². The third-order valence-electron chi connectivity index (χ3n) is 6.60. The molecule has 0 radical (unpaired) electrons. The van der Waals surface area contributed by atoms with E-state index >= 15 is 0 Å². The lowest BCUT2D eigenvalue weighted by atomic mass is 9.78. The van der Waals surface area contributed by atoms with E-state index < -0.39 is 11.6 Å². The summed E-state index contributed by atoms with van der Waals surface area (Å²) in [5.41, 5.74) is 2.40. The maximum atomic E-state index is 14.7. The van der Waals surface area contributed by atoms with Crippen LogP contribution in [0.1, 0.15) is 55.2 Å². The maximum Gasteiger partial charge on any atom is 0.167 e. The second-order valence-corrected chi connectivity index (χ2v) is 8.77. The number of hydrogen-bond acceptors (Lipinski definition) is 2. The lowest BCUT2D eigenvalue weighted by molar-refractivity contribution is 0.282. The van der Waals surface area contributed by atoms with Crippen molar-refractivity contribution in [2.24, 2.45) is 5.92 Å². The van der Waals surface area contributed by atoms with Crippen molar-refractivity contribution < 1.29 is 23.0 Å². The van der Waals surface area contributed by atoms with Crippen LogP contribution in [-0.2, 0) is 6.61 Å². The van der Waals surface area contributed by atoms with Gasteiger partial charge >= 0.3 is 0 Å². The van der Waals surface area contributed by atoms with Gasteiger partial charge in [0.1, 0.15) is 11.6 Å². The summed E-state index contributed by atoms with van der Waals surface area (Å²) in [6, 6.07) is 15.0. The molecule has 2 nitrogen and oxygen atoms in total. The molecule has 0 unspecified atom stereocenters. The Balaban J connectivity index is 1.40. The zero-order valence-electron chi connectivity index (χ0n) is 19.2. The van der Waals surface area contributed by atoms with E-state index in [9.17, 15) is 13.2 Å². The molecule has 0 saturated heterocycles. The maximum absolute atomic E-state index is 14.7. The third kappa shape index (κ3) is 5.36. The SMILES string of the molecule is CCOc1ccc(C2CCC(/C=C/c3ccc(-c4ccc(CO)cc4)c(F)c3F)CC2)c(F)c1. The molecule has 1 saturated carbocycles.